The Balaban J connectivity index is 1.65. The summed E-state index contributed by atoms with van der Waals surface area (Å²) in [7, 11) is 0. The number of hydrogen-bond donors (Lipinski definition) is 2. The quantitative estimate of drug-likeness (QED) is 0.333. The van der Waals surface area contributed by atoms with Crippen molar-refractivity contribution in [3.63, 3.8) is 0 Å². The van der Waals surface area contributed by atoms with E-state index in [9.17, 15) is 9.18 Å². The molecule has 0 aliphatic rings. The monoisotopic (exact) mass is 526 g/mol. The predicted molar refractivity (Wildman–Crippen MR) is 144 cm³/mol. The average Bonchev–Trinajstić information content (AvgIpc) is 2.88. The summed E-state index contributed by atoms with van der Waals surface area (Å²) < 4.78 is 15.8. The van der Waals surface area contributed by atoms with Crippen LogP contribution in [0.5, 0.6) is 0 Å². The molecule has 0 fully saturated rings. The molecule has 0 spiro atoms. The summed E-state index contributed by atoms with van der Waals surface area (Å²) in [5.74, 6) is 6.14. The lowest BCUT2D eigenvalue weighted by Gasteiger charge is -2.21. The van der Waals surface area contributed by atoms with Crippen molar-refractivity contribution in [2.24, 2.45) is 0 Å². The zero-order valence-corrected chi connectivity index (χ0v) is 21.0. The van der Waals surface area contributed by atoms with Crippen molar-refractivity contribution in [1.82, 2.24) is 29.5 Å². The molecule has 38 heavy (non-hydrogen) atoms. The van der Waals surface area contributed by atoms with Gasteiger partial charge in [0.15, 0.2) is 0 Å². The number of rotatable bonds is 4. The fraction of sp³-hybridized carbons (Fsp3) is 0.111. The molecule has 1 unspecified atom stereocenters. The molecule has 0 bridgehead atoms. The minimum Gasteiger partial charge on any atom is -0.382 e. The number of aryl methyl sites for hydroxylation is 1. The van der Waals surface area contributed by atoms with Gasteiger partial charge >= 0.3 is 0 Å². The Morgan fingerprint density at radius 3 is 2.74 bits per heavy atom. The van der Waals surface area contributed by atoms with E-state index >= 15 is 0 Å². The van der Waals surface area contributed by atoms with Gasteiger partial charge in [-0.1, -0.05) is 23.6 Å². The maximum absolute atomic E-state index is 14.4. The first-order valence-corrected chi connectivity index (χ1v) is 11.8. The molecule has 3 heterocycles. The zero-order valence-electron chi connectivity index (χ0n) is 20.3. The number of aromatic nitrogens is 6. The van der Waals surface area contributed by atoms with Crippen LogP contribution in [-0.2, 0) is 0 Å². The highest BCUT2D eigenvalue weighted by molar-refractivity contribution is 6.35. The van der Waals surface area contributed by atoms with Crippen LogP contribution in [-0.4, -0.2) is 29.5 Å². The minimum atomic E-state index is -0.610. The number of nitrogen functional groups attached to an aromatic ring is 1. The smallest absolute Gasteiger partial charge is 0.267 e. The lowest BCUT2D eigenvalue weighted by atomic mass is 10.1. The van der Waals surface area contributed by atoms with Crippen molar-refractivity contribution in [2.45, 2.75) is 19.9 Å². The SMILES string of the molecule is Cc1cc(F)cc(-n2c(C(C)Nc3ncnc(N)c3C#Cc3cnccn3)nc3cccc(Cl)c3c2=O)c1. The number of anilines is 2. The van der Waals surface area contributed by atoms with Crippen LogP contribution in [0.25, 0.3) is 16.6 Å². The molecule has 1 atom stereocenters. The van der Waals surface area contributed by atoms with Gasteiger partial charge < -0.3 is 11.1 Å². The maximum Gasteiger partial charge on any atom is 0.267 e. The Hall–Kier alpha value is -4.88. The second-order valence-electron chi connectivity index (χ2n) is 8.42. The normalized spacial score (nSPS) is 11.6. The first-order chi connectivity index (χ1) is 18.3. The number of fused-ring (bicyclic) bond motifs is 1. The van der Waals surface area contributed by atoms with Gasteiger partial charge in [-0.15, -0.1) is 0 Å². The molecule has 5 rings (SSSR count). The second kappa shape index (κ2) is 10.2. The van der Waals surface area contributed by atoms with Crippen molar-refractivity contribution in [3.8, 4) is 17.5 Å². The van der Waals surface area contributed by atoms with Gasteiger partial charge in [-0.25, -0.2) is 24.3 Å². The van der Waals surface area contributed by atoms with E-state index in [1.54, 1.807) is 44.3 Å². The Bertz CT molecular complexity index is 1780. The summed E-state index contributed by atoms with van der Waals surface area (Å²) in [5, 5.41) is 3.71. The van der Waals surface area contributed by atoms with Crippen molar-refractivity contribution < 1.29 is 4.39 Å². The predicted octanol–water partition coefficient (Wildman–Crippen LogP) is 4.22. The molecule has 11 heteroatoms. The van der Waals surface area contributed by atoms with Gasteiger partial charge in [0, 0.05) is 12.4 Å². The molecule has 2 aromatic carbocycles. The number of nitrogens with one attached hydrogen (secondary N) is 1. The van der Waals surface area contributed by atoms with Crippen LogP contribution in [0.3, 0.4) is 0 Å². The first-order valence-electron chi connectivity index (χ1n) is 11.5. The van der Waals surface area contributed by atoms with Gasteiger partial charge in [-0.3, -0.25) is 14.3 Å². The molecular formula is C27H20ClFN8O. The summed E-state index contributed by atoms with van der Waals surface area (Å²) in [4.78, 5) is 35.0. The highest BCUT2D eigenvalue weighted by Crippen LogP contribution is 2.26. The summed E-state index contributed by atoms with van der Waals surface area (Å²) in [6.07, 6.45) is 5.89. The Morgan fingerprint density at radius 2 is 1.97 bits per heavy atom. The number of benzene rings is 2. The summed E-state index contributed by atoms with van der Waals surface area (Å²) in [5.41, 5.74) is 7.82. The standard InChI is InChI=1S/C27H20ClFN8O/c1-15-10-17(29)12-19(11-15)37-26(36-22-5-3-4-21(28)23(22)27(37)38)16(2)35-25-20(24(30)33-14-34-25)7-6-18-13-31-8-9-32-18/h3-5,8-14,16H,1-2H3,(H3,30,33,34,35). The Labute approximate surface area is 221 Å². The molecule has 188 valence electrons. The third-order valence-corrected chi connectivity index (χ3v) is 5.97. The molecule has 9 nitrogen and oxygen atoms in total. The van der Waals surface area contributed by atoms with E-state index in [0.29, 0.717) is 39.7 Å². The van der Waals surface area contributed by atoms with Crippen molar-refractivity contribution in [1.29, 1.82) is 0 Å². The fourth-order valence-electron chi connectivity index (χ4n) is 3.98. The molecule has 3 N–H and O–H groups in total. The highest BCUT2D eigenvalue weighted by Gasteiger charge is 2.21. The van der Waals surface area contributed by atoms with E-state index in [4.69, 9.17) is 22.3 Å². The molecular weight excluding hydrogens is 507 g/mol. The van der Waals surface area contributed by atoms with Crippen molar-refractivity contribution >= 4 is 34.1 Å². The summed E-state index contributed by atoms with van der Waals surface area (Å²) in [6.45, 7) is 3.53. The van der Waals surface area contributed by atoms with Gasteiger partial charge in [-0.05, 0) is 55.7 Å². The van der Waals surface area contributed by atoms with Crippen LogP contribution in [0, 0.1) is 24.6 Å². The first kappa shape index (κ1) is 24.8. The van der Waals surface area contributed by atoms with Gasteiger partial charge in [0.05, 0.1) is 33.9 Å². The Morgan fingerprint density at radius 1 is 1.13 bits per heavy atom. The van der Waals surface area contributed by atoms with Gasteiger partial charge in [0.25, 0.3) is 5.56 Å². The van der Waals surface area contributed by atoms with Crippen LogP contribution in [0.4, 0.5) is 16.0 Å². The largest absolute Gasteiger partial charge is 0.382 e. The molecule has 5 aromatic rings. The lowest BCUT2D eigenvalue weighted by Crippen LogP contribution is -2.28. The van der Waals surface area contributed by atoms with E-state index in [1.807, 2.05) is 0 Å². The minimum absolute atomic E-state index is 0.155. The topological polar surface area (TPSA) is 124 Å². The summed E-state index contributed by atoms with van der Waals surface area (Å²) >= 11 is 6.37. The van der Waals surface area contributed by atoms with Crippen LogP contribution in [0.1, 0.15) is 35.6 Å². The zero-order chi connectivity index (χ0) is 26.8. The van der Waals surface area contributed by atoms with Crippen LogP contribution in [0.2, 0.25) is 5.02 Å². The third kappa shape index (κ3) is 4.87. The molecule has 0 amide bonds. The molecule has 0 aliphatic heterocycles. The van der Waals surface area contributed by atoms with Crippen LogP contribution in [0.15, 0.2) is 66.1 Å². The number of nitrogens with two attached hydrogens (primary N) is 1. The maximum atomic E-state index is 14.4. The molecule has 0 saturated heterocycles. The van der Waals surface area contributed by atoms with Gasteiger partial charge in [0.2, 0.25) is 0 Å². The lowest BCUT2D eigenvalue weighted by molar-refractivity contribution is 0.623. The van der Waals surface area contributed by atoms with Crippen LogP contribution >= 0.6 is 11.6 Å². The van der Waals surface area contributed by atoms with Crippen LogP contribution < -0.4 is 16.6 Å². The molecule has 3 aromatic heterocycles. The van der Waals surface area contributed by atoms with Crippen molar-refractivity contribution in [3.05, 3.63) is 105 Å². The van der Waals surface area contributed by atoms with E-state index in [0.717, 1.165) is 0 Å². The molecule has 0 radical (unpaired) electrons. The van der Waals surface area contributed by atoms with Gasteiger partial charge in [-0.2, -0.15) is 0 Å². The van der Waals surface area contributed by atoms with Crippen molar-refractivity contribution in [2.75, 3.05) is 11.1 Å². The number of halogens is 2. The summed E-state index contributed by atoms with van der Waals surface area (Å²) in [6, 6.07) is 8.76. The van der Waals surface area contributed by atoms with E-state index in [2.05, 4.69) is 37.1 Å². The van der Waals surface area contributed by atoms with E-state index in [1.165, 1.54) is 35.4 Å². The average molecular weight is 527 g/mol. The molecule has 0 aliphatic carbocycles. The number of nitrogens with zero attached hydrogens (tertiary/aromatic N) is 6. The van der Waals surface area contributed by atoms with E-state index in [-0.39, 0.29) is 16.2 Å². The number of hydrogen-bond acceptors (Lipinski definition) is 8. The Kier molecular flexibility index (Phi) is 6.68. The second-order valence-corrected chi connectivity index (χ2v) is 8.83. The van der Waals surface area contributed by atoms with E-state index < -0.39 is 17.4 Å². The fourth-order valence-corrected chi connectivity index (χ4v) is 4.24. The molecule has 0 saturated carbocycles. The van der Waals surface area contributed by atoms with Gasteiger partial charge in [0.1, 0.15) is 40.9 Å². The third-order valence-electron chi connectivity index (χ3n) is 5.65. The highest BCUT2D eigenvalue weighted by atomic mass is 35.5.